The van der Waals surface area contributed by atoms with Crippen molar-refractivity contribution in [2.24, 2.45) is 0 Å². The van der Waals surface area contributed by atoms with Crippen LogP contribution in [0.3, 0.4) is 0 Å². The Morgan fingerprint density at radius 3 is 2.29 bits per heavy atom. The van der Waals surface area contributed by atoms with Gasteiger partial charge in [0.2, 0.25) is 0 Å². The zero-order chi connectivity index (χ0) is 15.9. The summed E-state index contributed by atoms with van der Waals surface area (Å²) in [6.07, 6.45) is 2.78. The summed E-state index contributed by atoms with van der Waals surface area (Å²) in [7, 11) is -1.65. The Hall–Kier alpha value is -1.13. The second-order valence-electron chi connectivity index (χ2n) is 6.61. The molecule has 1 aromatic rings. The fourth-order valence-electron chi connectivity index (χ4n) is 2.50. The van der Waals surface area contributed by atoms with Crippen LogP contribution < -0.4 is 0 Å². The molecule has 0 aromatic heterocycles. The summed E-state index contributed by atoms with van der Waals surface area (Å²) >= 11 is 0. The van der Waals surface area contributed by atoms with E-state index in [0.29, 0.717) is 6.61 Å². The van der Waals surface area contributed by atoms with Crippen molar-refractivity contribution < 1.29 is 14.0 Å². The molecule has 4 heteroatoms. The van der Waals surface area contributed by atoms with Gasteiger partial charge in [-0.05, 0) is 51.4 Å². The summed E-state index contributed by atoms with van der Waals surface area (Å²) in [5.41, 5.74) is 0.960. The Balaban J connectivity index is 2.67. The third kappa shape index (κ3) is 6.91. The Bertz CT molecular complexity index is 439. The number of unbranched alkanes of at least 4 members (excludes halogenated alkanes) is 1. The number of rotatable bonds is 8. The second-order valence-corrected chi connectivity index (χ2v) is 11.0. The number of hydrogen-bond acceptors (Lipinski definition) is 3. The van der Waals surface area contributed by atoms with E-state index in [9.17, 15) is 4.79 Å². The molecule has 0 bridgehead atoms. The molecule has 118 valence electrons. The molecule has 0 N–H and O–H groups in total. The maximum absolute atomic E-state index is 10.8. The smallest absolute Gasteiger partial charge is 0.302 e. The predicted octanol–water partition coefficient (Wildman–Crippen LogP) is 4.49. The fourth-order valence-corrected chi connectivity index (χ4v) is 4.07. The topological polar surface area (TPSA) is 35.5 Å². The Kier molecular flexibility index (Phi) is 6.62. The van der Waals surface area contributed by atoms with E-state index in [-0.39, 0.29) is 11.6 Å². The average molecular weight is 308 g/mol. The van der Waals surface area contributed by atoms with Gasteiger partial charge in [0.15, 0.2) is 8.32 Å². The molecule has 3 nitrogen and oxygen atoms in total. The van der Waals surface area contributed by atoms with Crippen LogP contribution in [0, 0.1) is 0 Å². The van der Waals surface area contributed by atoms with Gasteiger partial charge in [-0.2, -0.15) is 0 Å². The molecule has 0 saturated heterocycles. The summed E-state index contributed by atoms with van der Waals surface area (Å²) in [4.78, 5) is 10.8. The molecule has 1 rings (SSSR count). The standard InChI is InChI=1S/C17H28O3Si/c1-15(18)19-14-10-9-13-17(2,20-21(3,4)5)16-11-7-6-8-12-16/h6-8,11-12H,9-10,13-14H2,1-5H3. The van der Waals surface area contributed by atoms with Gasteiger partial charge in [0.05, 0.1) is 12.2 Å². The molecule has 0 radical (unpaired) electrons. The molecule has 0 aliphatic rings. The quantitative estimate of drug-likeness (QED) is 0.403. The second kappa shape index (κ2) is 7.76. The minimum Gasteiger partial charge on any atom is -0.466 e. The molecule has 1 aromatic carbocycles. The van der Waals surface area contributed by atoms with Crippen molar-refractivity contribution in [2.75, 3.05) is 6.61 Å². The zero-order valence-corrected chi connectivity index (χ0v) is 14.9. The predicted molar refractivity (Wildman–Crippen MR) is 88.7 cm³/mol. The first-order valence-corrected chi connectivity index (χ1v) is 11.0. The van der Waals surface area contributed by atoms with Crippen LogP contribution in [0.4, 0.5) is 0 Å². The van der Waals surface area contributed by atoms with Gasteiger partial charge < -0.3 is 9.16 Å². The molecule has 1 atom stereocenters. The lowest BCUT2D eigenvalue weighted by atomic mass is 9.90. The molecule has 0 fully saturated rings. The van der Waals surface area contributed by atoms with E-state index < -0.39 is 8.32 Å². The molecule has 0 heterocycles. The van der Waals surface area contributed by atoms with Gasteiger partial charge in [0.25, 0.3) is 0 Å². The third-order valence-corrected chi connectivity index (χ3v) is 4.33. The largest absolute Gasteiger partial charge is 0.466 e. The molecular weight excluding hydrogens is 280 g/mol. The van der Waals surface area contributed by atoms with Gasteiger partial charge in [-0.1, -0.05) is 30.3 Å². The van der Waals surface area contributed by atoms with Crippen LogP contribution in [0.15, 0.2) is 30.3 Å². The van der Waals surface area contributed by atoms with E-state index in [1.54, 1.807) is 0 Å². The number of ether oxygens (including phenoxy) is 1. The van der Waals surface area contributed by atoms with Gasteiger partial charge in [0, 0.05) is 6.92 Å². The van der Waals surface area contributed by atoms with Crippen molar-refractivity contribution in [3.8, 4) is 0 Å². The van der Waals surface area contributed by atoms with Gasteiger partial charge in [0.1, 0.15) is 0 Å². The maximum Gasteiger partial charge on any atom is 0.302 e. The molecule has 0 spiro atoms. The monoisotopic (exact) mass is 308 g/mol. The Labute approximate surface area is 129 Å². The van der Waals surface area contributed by atoms with Crippen molar-refractivity contribution in [2.45, 2.75) is 58.4 Å². The van der Waals surface area contributed by atoms with Gasteiger partial charge in [-0.25, -0.2) is 0 Å². The minimum atomic E-state index is -1.65. The molecule has 0 saturated carbocycles. The lowest BCUT2D eigenvalue weighted by Gasteiger charge is -2.37. The highest BCUT2D eigenvalue weighted by Gasteiger charge is 2.32. The van der Waals surface area contributed by atoms with Crippen LogP contribution in [-0.2, 0) is 19.6 Å². The highest BCUT2D eigenvalue weighted by atomic mass is 28.4. The maximum atomic E-state index is 10.8. The van der Waals surface area contributed by atoms with Crippen LogP contribution in [0.2, 0.25) is 19.6 Å². The molecule has 21 heavy (non-hydrogen) atoms. The average Bonchev–Trinajstić information content (AvgIpc) is 2.37. The van der Waals surface area contributed by atoms with Crippen molar-refractivity contribution in [3.05, 3.63) is 35.9 Å². The summed E-state index contributed by atoms with van der Waals surface area (Å²) < 4.78 is 11.5. The molecule has 0 amide bonds. The Morgan fingerprint density at radius 2 is 1.76 bits per heavy atom. The third-order valence-electron chi connectivity index (χ3n) is 3.27. The van der Waals surface area contributed by atoms with E-state index >= 15 is 0 Å². The highest BCUT2D eigenvalue weighted by Crippen LogP contribution is 2.34. The Morgan fingerprint density at radius 1 is 1.14 bits per heavy atom. The number of carbonyl (C=O) groups excluding carboxylic acids is 1. The van der Waals surface area contributed by atoms with E-state index in [1.807, 2.05) is 6.07 Å². The summed E-state index contributed by atoms with van der Waals surface area (Å²) in [5, 5.41) is 0. The van der Waals surface area contributed by atoms with Crippen molar-refractivity contribution in [1.82, 2.24) is 0 Å². The van der Waals surface area contributed by atoms with E-state index in [4.69, 9.17) is 9.16 Å². The SMILES string of the molecule is CC(=O)OCCCCC(C)(O[Si](C)(C)C)c1ccccc1. The first kappa shape index (κ1) is 17.9. The number of carbonyl (C=O) groups is 1. The van der Waals surface area contributed by atoms with Gasteiger partial charge in [-0.15, -0.1) is 0 Å². The first-order valence-electron chi connectivity index (χ1n) is 7.62. The fraction of sp³-hybridized carbons (Fsp3) is 0.588. The lowest BCUT2D eigenvalue weighted by molar-refractivity contribution is -0.141. The minimum absolute atomic E-state index is 0.209. The number of hydrogen-bond donors (Lipinski definition) is 0. The van der Waals surface area contributed by atoms with Gasteiger partial charge in [-0.3, -0.25) is 4.79 Å². The lowest BCUT2D eigenvalue weighted by Crippen LogP contribution is -2.38. The highest BCUT2D eigenvalue weighted by molar-refractivity contribution is 6.69. The first-order chi connectivity index (χ1) is 9.73. The van der Waals surface area contributed by atoms with Crippen molar-refractivity contribution in [3.63, 3.8) is 0 Å². The van der Waals surface area contributed by atoms with Gasteiger partial charge >= 0.3 is 5.97 Å². The summed E-state index contributed by atoms with van der Waals surface area (Å²) in [6, 6.07) is 10.4. The molecule has 0 aliphatic carbocycles. The van der Waals surface area contributed by atoms with E-state index in [2.05, 4.69) is 50.8 Å². The number of esters is 1. The zero-order valence-electron chi connectivity index (χ0n) is 13.9. The van der Waals surface area contributed by atoms with Crippen LogP contribution in [-0.4, -0.2) is 20.9 Å². The van der Waals surface area contributed by atoms with E-state index in [0.717, 1.165) is 19.3 Å². The van der Waals surface area contributed by atoms with Crippen LogP contribution >= 0.6 is 0 Å². The number of benzene rings is 1. The van der Waals surface area contributed by atoms with Crippen molar-refractivity contribution >= 4 is 14.3 Å². The molecule has 0 aliphatic heterocycles. The summed E-state index contributed by atoms with van der Waals surface area (Å²) in [6.45, 7) is 10.8. The van der Waals surface area contributed by atoms with Crippen molar-refractivity contribution in [1.29, 1.82) is 0 Å². The van der Waals surface area contributed by atoms with Crippen LogP contribution in [0.5, 0.6) is 0 Å². The van der Waals surface area contributed by atoms with E-state index in [1.165, 1.54) is 12.5 Å². The summed E-state index contributed by atoms with van der Waals surface area (Å²) in [5.74, 6) is -0.209. The molecule has 1 unspecified atom stereocenters. The van der Waals surface area contributed by atoms with Crippen LogP contribution in [0.1, 0.15) is 38.7 Å². The molecular formula is C17H28O3Si. The van der Waals surface area contributed by atoms with Crippen LogP contribution in [0.25, 0.3) is 0 Å². The normalized spacial score (nSPS) is 14.5.